The molecule has 1 unspecified atom stereocenters. The molecule has 1 atom stereocenters. The van der Waals surface area contributed by atoms with E-state index in [0.717, 1.165) is 6.92 Å². The van der Waals surface area contributed by atoms with E-state index in [4.69, 9.17) is 10.2 Å². The molecule has 0 aliphatic heterocycles. The second-order valence-electron chi connectivity index (χ2n) is 3.07. The van der Waals surface area contributed by atoms with Gasteiger partial charge in [0, 0.05) is 0 Å². The number of aromatic nitrogens is 2. The Morgan fingerprint density at radius 1 is 1.54 bits per heavy atom. The van der Waals surface area contributed by atoms with Gasteiger partial charge in [-0.1, -0.05) is 0 Å². The first-order valence-electron chi connectivity index (χ1n) is 3.84. The van der Waals surface area contributed by atoms with Crippen LogP contribution in [0.25, 0.3) is 0 Å². The molecule has 13 heavy (non-hydrogen) atoms. The number of hydrogen-bond donors (Lipinski definition) is 1. The van der Waals surface area contributed by atoms with Gasteiger partial charge in [0.15, 0.2) is 0 Å². The maximum absolute atomic E-state index is 12.5. The maximum atomic E-state index is 12.5. The highest BCUT2D eigenvalue weighted by Crippen LogP contribution is 2.18. The molecule has 74 valence electrons. The van der Waals surface area contributed by atoms with Crippen molar-refractivity contribution >= 4 is 0 Å². The predicted octanol–water partition coefficient (Wildman–Crippen LogP) is 1.29. The molecule has 0 spiro atoms. The summed E-state index contributed by atoms with van der Waals surface area (Å²) in [7, 11) is 0. The second-order valence-corrected chi connectivity index (χ2v) is 3.07. The number of nitrogens with zero attached hydrogens (tertiary/aromatic N) is 2. The number of alkyl halides is 2. The van der Waals surface area contributed by atoms with Gasteiger partial charge in [0.25, 0.3) is 5.92 Å². The number of hydrogen-bond acceptors (Lipinski definition) is 4. The molecule has 0 bridgehead atoms. The van der Waals surface area contributed by atoms with Gasteiger partial charge < -0.3 is 10.2 Å². The molecule has 0 saturated heterocycles. The Morgan fingerprint density at radius 3 is 2.54 bits per heavy atom. The van der Waals surface area contributed by atoms with Gasteiger partial charge >= 0.3 is 0 Å². The zero-order chi connectivity index (χ0) is 10.1. The summed E-state index contributed by atoms with van der Waals surface area (Å²) in [4.78, 5) is 0. The van der Waals surface area contributed by atoms with Crippen LogP contribution in [-0.2, 0) is 6.42 Å². The summed E-state index contributed by atoms with van der Waals surface area (Å²) in [5.41, 5.74) is 5.41. The van der Waals surface area contributed by atoms with E-state index in [1.807, 2.05) is 0 Å². The van der Waals surface area contributed by atoms with Crippen molar-refractivity contribution in [3.8, 4) is 0 Å². The van der Waals surface area contributed by atoms with Crippen molar-refractivity contribution < 1.29 is 13.2 Å². The number of nitrogens with two attached hydrogens (primary N) is 1. The van der Waals surface area contributed by atoms with Crippen LogP contribution < -0.4 is 5.73 Å². The third-order valence-corrected chi connectivity index (χ3v) is 1.33. The van der Waals surface area contributed by atoms with E-state index in [2.05, 4.69) is 10.2 Å². The van der Waals surface area contributed by atoms with Crippen LogP contribution in [0.5, 0.6) is 0 Å². The van der Waals surface area contributed by atoms with Crippen LogP contribution in [0.3, 0.4) is 0 Å². The Kier molecular flexibility index (Phi) is 2.60. The Hall–Kier alpha value is -1.04. The predicted molar refractivity (Wildman–Crippen MR) is 41.2 cm³/mol. The molecule has 0 aliphatic rings. The van der Waals surface area contributed by atoms with E-state index in [0.29, 0.717) is 0 Å². The highest BCUT2D eigenvalue weighted by Gasteiger charge is 2.25. The van der Waals surface area contributed by atoms with Gasteiger partial charge in [0.2, 0.25) is 11.8 Å². The van der Waals surface area contributed by atoms with Crippen LogP contribution in [0.2, 0.25) is 0 Å². The Labute approximate surface area is 74.1 Å². The van der Waals surface area contributed by atoms with E-state index in [1.54, 1.807) is 6.92 Å². The quantitative estimate of drug-likeness (QED) is 0.781. The molecule has 1 heterocycles. The van der Waals surface area contributed by atoms with Gasteiger partial charge in [-0.05, 0) is 13.8 Å². The maximum Gasteiger partial charge on any atom is 0.254 e. The highest BCUT2D eigenvalue weighted by atomic mass is 19.3. The summed E-state index contributed by atoms with van der Waals surface area (Å²) < 4.78 is 29.8. The minimum absolute atomic E-state index is 0.0835. The number of rotatable bonds is 3. The first-order valence-corrected chi connectivity index (χ1v) is 3.84. The van der Waals surface area contributed by atoms with Crippen molar-refractivity contribution in [2.45, 2.75) is 32.2 Å². The minimum atomic E-state index is -2.83. The van der Waals surface area contributed by atoms with Crippen LogP contribution in [0.1, 0.15) is 31.7 Å². The summed E-state index contributed by atoms with van der Waals surface area (Å²) >= 11 is 0. The molecule has 0 amide bonds. The van der Waals surface area contributed by atoms with Gasteiger partial charge in [-0.15, -0.1) is 10.2 Å². The molecule has 6 heteroatoms. The SMILES string of the molecule is CC(N)c1nnc(CC(C)(F)F)o1. The molecule has 1 aromatic rings. The fraction of sp³-hybridized carbons (Fsp3) is 0.714. The van der Waals surface area contributed by atoms with Crippen molar-refractivity contribution in [2.75, 3.05) is 0 Å². The summed E-state index contributed by atoms with van der Waals surface area (Å²) in [5.74, 6) is -2.74. The smallest absolute Gasteiger partial charge is 0.254 e. The zero-order valence-electron chi connectivity index (χ0n) is 7.42. The van der Waals surface area contributed by atoms with Gasteiger partial charge in [0.05, 0.1) is 12.5 Å². The zero-order valence-corrected chi connectivity index (χ0v) is 7.42. The second kappa shape index (κ2) is 3.37. The standard InChI is InChI=1S/C7H11F2N3O/c1-4(10)6-12-11-5(13-6)3-7(2,8)9/h4H,3,10H2,1-2H3. The molecule has 4 nitrogen and oxygen atoms in total. The highest BCUT2D eigenvalue weighted by molar-refractivity contribution is 4.88. The minimum Gasteiger partial charge on any atom is -0.423 e. The monoisotopic (exact) mass is 191 g/mol. The van der Waals surface area contributed by atoms with Crippen LogP contribution in [0.15, 0.2) is 4.42 Å². The van der Waals surface area contributed by atoms with Crippen LogP contribution in [-0.4, -0.2) is 16.1 Å². The molecule has 2 N–H and O–H groups in total. The lowest BCUT2D eigenvalue weighted by molar-refractivity contribution is 0.0160. The fourth-order valence-corrected chi connectivity index (χ4v) is 0.788. The van der Waals surface area contributed by atoms with E-state index in [1.165, 1.54) is 0 Å². The normalized spacial score (nSPS) is 14.5. The lowest BCUT2D eigenvalue weighted by Crippen LogP contribution is -2.13. The third-order valence-electron chi connectivity index (χ3n) is 1.33. The Morgan fingerprint density at radius 2 is 2.15 bits per heavy atom. The largest absolute Gasteiger partial charge is 0.423 e. The van der Waals surface area contributed by atoms with Gasteiger partial charge in [-0.2, -0.15) is 0 Å². The average Bonchev–Trinajstić information content (AvgIpc) is 2.31. The topological polar surface area (TPSA) is 64.9 Å². The Bertz CT molecular complexity index is 280. The summed E-state index contributed by atoms with van der Waals surface area (Å²) in [5, 5.41) is 6.97. The average molecular weight is 191 g/mol. The molecule has 0 saturated carbocycles. The first kappa shape index (κ1) is 10.0. The van der Waals surface area contributed by atoms with Crippen molar-refractivity contribution in [2.24, 2.45) is 5.73 Å². The van der Waals surface area contributed by atoms with Crippen LogP contribution in [0, 0.1) is 0 Å². The van der Waals surface area contributed by atoms with Crippen molar-refractivity contribution in [3.05, 3.63) is 11.8 Å². The van der Waals surface area contributed by atoms with Crippen molar-refractivity contribution in [1.82, 2.24) is 10.2 Å². The van der Waals surface area contributed by atoms with Crippen molar-refractivity contribution in [1.29, 1.82) is 0 Å². The summed E-state index contributed by atoms with van der Waals surface area (Å²) in [6, 6.07) is -0.424. The third kappa shape index (κ3) is 3.06. The molecule has 0 aliphatic carbocycles. The van der Waals surface area contributed by atoms with Crippen LogP contribution >= 0.6 is 0 Å². The summed E-state index contributed by atoms with van der Waals surface area (Å²) in [6.45, 7) is 2.43. The summed E-state index contributed by atoms with van der Waals surface area (Å²) in [6.07, 6.45) is -0.549. The molecule has 0 fully saturated rings. The van der Waals surface area contributed by atoms with E-state index in [-0.39, 0.29) is 11.8 Å². The van der Waals surface area contributed by atoms with Crippen molar-refractivity contribution in [3.63, 3.8) is 0 Å². The van der Waals surface area contributed by atoms with Gasteiger partial charge in [0.1, 0.15) is 0 Å². The lowest BCUT2D eigenvalue weighted by Gasteiger charge is -2.04. The van der Waals surface area contributed by atoms with E-state index >= 15 is 0 Å². The lowest BCUT2D eigenvalue weighted by atomic mass is 10.3. The van der Waals surface area contributed by atoms with Gasteiger partial charge in [-0.25, -0.2) is 8.78 Å². The molecule has 0 radical (unpaired) electrons. The first-order chi connectivity index (χ1) is 5.88. The fourth-order valence-electron chi connectivity index (χ4n) is 0.788. The molecule has 1 rings (SSSR count). The molecule has 0 aromatic carbocycles. The molecule has 1 aromatic heterocycles. The van der Waals surface area contributed by atoms with Crippen LogP contribution in [0.4, 0.5) is 8.78 Å². The number of halogens is 2. The molecular formula is C7H11F2N3O. The molecular weight excluding hydrogens is 180 g/mol. The Balaban J connectivity index is 2.70. The van der Waals surface area contributed by atoms with E-state index < -0.39 is 18.4 Å². The van der Waals surface area contributed by atoms with Gasteiger partial charge in [-0.3, -0.25) is 0 Å². The van der Waals surface area contributed by atoms with E-state index in [9.17, 15) is 8.78 Å².